The number of aliphatic hydroxyl groups excluding tert-OH is 2. The van der Waals surface area contributed by atoms with Gasteiger partial charge in [-0.25, -0.2) is 4.98 Å². The van der Waals surface area contributed by atoms with Crippen LogP contribution < -0.4 is 5.32 Å². The maximum absolute atomic E-state index is 13.1. The van der Waals surface area contributed by atoms with Crippen LogP contribution >= 0.6 is 0 Å². The van der Waals surface area contributed by atoms with Crippen LogP contribution in [0, 0.1) is 0 Å². The minimum Gasteiger partial charge on any atom is -0.508 e. The molecule has 0 aliphatic carbocycles. The van der Waals surface area contributed by atoms with Gasteiger partial charge in [-0.05, 0) is 60.1 Å². The summed E-state index contributed by atoms with van der Waals surface area (Å²) >= 11 is 0. The van der Waals surface area contributed by atoms with E-state index < -0.39 is 12.4 Å². The maximum Gasteiger partial charge on any atom is 0.275 e. The molecular formula is C36H36N4O6. The van der Waals surface area contributed by atoms with Crippen molar-refractivity contribution in [2.45, 2.75) is 37.6 Å². The molecule has 0 radical (unpaired) electrons. The highest BCUT2D eigenvalue weighted by Gasteiger charge is 2.33. The van der Waals surface area contributed by atoms with Crippen LogP contribution in [0.5, 0.6) is 5.75 Å². The first-order valence-electron chi connectivity index (χ1n) is 15.1. The predicted octanol–water partition coefficient (Wildman–Crippen LogP) is 5.29. The van der Waals surface area contributed by atoms with Gasteiger partial charge >= 0.3 is 0 Å². The molecule has 4 atom stereocenters. The van der Waals surface area contributed by atoms with Gasteiger partial charge < -0.3 is 35.0 Å². The Morgan fingerprint density at radius 1 is 0.957 bits per heavy atom. The Kier molecular flexibility index (Phi) is 9.62. The van der Waals surface area contributed by atoms with Crippen molar-refractivity contribution < 1.29 is 29.6 Å². The van der Waals surface area contributed by atoms with Crippen molar-refractivity contribution >= 4 is 22.6 Å². The maximum atomic E-state index is 13.1. The fraction of sp³-hybridized carbons (Fsp3) is 0.250. The van der Waals surface area contributed by atoms with E-state index >= 15 is 0 Å². The number of phenolic OH excluding ortho intramolecular Hbond substituents is 1. The molecule has 1 amide bonds. The van der Waals surface area contributed by atoms with Gasteiger partial charge in [0.15, 0.2) is 6.29 Å². The summed E-state index contributed by atoms with van der Waals surface area (Å²) in [5, 5.41) is 33.1. The van der Waals surface area contributed by atoms with Gasteiger partial charge in [-0.15, -0.1) is 0 Å². The number of likely N-dealkylation sites (N-methyl/N-ethyl adjacent to an activating group) is 1. The van der Waals surface area contributed by atoms with Crippen molar-refractivity contribution in [2.24, 2.45) is 0 Å². The first kappa shape index (κ1) is 31.3. The second-order valence-electron chi connectivity index (χ2n) is 11.5. The number of anilines is 1. The number of hydrogen-bond acceptors (Lipinski definition) is 9. The zero-order valence-corrected chi connectivity index (χ0v) is 25.4. The summed E-state index contributed by atoms with van der Waals surface area (Å²) in [5.74, 6) is -0.277. The number of nitrogens with one attached hydrogen (secondary N) is 1. The third-order valence-electron chi connectivity index (χ3n) is 7.97. The number of amides is 1. The summed E-state index contributed by atoms with van der Waals surface area (Å²) in [5.41, 5.74) is 5.23. The number of benzene rings is 4. The Hall–Kier alpha value is -4.71. The molecular weight excluding hydrogens is 584 g/mol. The smallest absolute Gasteiger partial charge is 0.275 e. The largest absolute Gasteiger partial charge is 0.508 e. The zero-order chi connectivity index (χ0) is 32.0. The first-order valence-corrected chi connectivity index (χ1v) is 15.1. The first-order chi connectivity index (χ1) is 22.3. The third-order valence-corrected chi connectivity index (χ3v) is 7.97. The molecule has 10 nitrogen and oxygen atoms in total. The number of aliphatic hydroxyl groups is 2. The van der Waals surface area contributed by atoms with Crippen LogP contribution in [0.1, 0.15) is 57.7 Å². The molecule has 1 aromatic heterocycles. The number of para-hydroxylation sites is 2. The Morgan fingerprint density at radius 2 is 1.74 bits per heavy atom. The molecule has 0 saturated carbocycles. The second kappa shape index (κ2) is 14.2. The molecule has 236 valence electrons. The van der Waals surface area contributed by atoms with Crippen molar-refractivity contribution in [2.75, 3.05) is 25.5 Å². The zero-order valence-electron chi connectivity index (χ0n) is 25.4. The predicted molar refractivity (Wildman–Crippen MR) is 173 cm³/mol. The van der Waals surface area contributed by atoms with Crippen LogP contribution in [0.25, 0.3) is 11.0 Å². The van der Waals surface area contributed by atoms with Gasteiger partial charge in [0.25, 0.3) is 5.91 Å². The topological polar surface area (TPSA) is 137 Å². The SMILES string of the molecule is CN(CC1CC(c2ccc(CO)cc2)OC(c2cccc(NC(=O)c3cnc4ccccc4n3)c2)O1)CC(O)c1cccc(O)c1. The van der Waals surface area contributed by atoms with E-state index in [9.17, 15) is 20.1 Å². The molecule has 0 bridgehead atoms. The summed E-state index contributed by atoms with van der Waals surface area (Å²) in [6, 6.07) is 29.0. The molecule has 0 spiro atoms. The van der Waals surface area contributed by atoms with Crippen molar-refractivity contribution in [3.63, 3.8) is 0 Å². The molecule has 1 aliphatic rings. The molecule has 10 heteroatoms. The second-order valence-corrected chi connectivity index (χ2v) is 11.5. The molecule has 4 aromatic carbocycles. The van der Waals surface area contributed by atoms with Gasteiger partial charge in [-0.2, -0.15) is 0 Å². The monoisotopic (exact) mass is 620 g/mol. The summed E-state index contributed by atoms with van der Waals surface area (Å²) < 4.78 is 13.0. The van der Waals surface area contributed by atoms with Crippen molar-refractivity contribution in [1.29, 1.82) is 0 Å². The lowest BCUT2D eigenvalue weighted by molar-refractivity contribution is -0.252. The number of fused-ring (bicyclic) bond motifs is 1. The van der Waals surface area contributed by atoms with Crippen molar-refractivity contribution in [3.8, 4) is 5.75 Å². The van der Waals surface area contributed by atoms with Crippen LogP contribution in [-0.4, -0.2) is 62.3 Å². The fourth-order valence-corrected chi connectivity index (χ4v) is 5.61. The highest BCUT2D eigenvalue weighted by atomic mass is 16.7. The number of carbonyl (C=O) groups excluding carboxylic acids is 1. The van der Waals surface area contributed by atoms with E-state index in [-0.39, 0.29) is 36.2 Å². The van der Waals surface area contributed by atoms with E-state index in [4.69, 9.17) is 9.47 Å². The average molecular weight is 621 g/mol. The van der Waals surface area contributed by atoms with Gasteiger partial charge in [0.2, 0.25) is 0 Å². The minimum absolute atomic E-state index is 0.0459. The van der Waals surface area contributed by atoms with Crippen molar-refractivity contribution in [3.05, 3.63) is 131 Å². The van der Waals surface area contributed by atoms with Crippen molar-refractivity contribution in [1.82, 2.24) is 14.9 Å². The standard InChI is InChI=1S/C36H36N4O6/c1-40(21-33(43)25-6-5-9-28(42)17-25)20-29-18-34(24-14-12-23(22-41)13-15-24)46-36(45-29)26-7-4-8-27(16-26)38-35(44)32-19-37-30-10-2-3-11-31(30)39-32/h2-17,19,29,33-34,36,41-43H,18,20-22H2,1H3,(H,38,44). The van der Waals surface area contributed by atoms with E-state index in [1.165, 1.54) is 6.20 Å². The lowest BCUT2D eigenvalue weighted by atomic mass is 9.99. The lowest BCUT2D eigenvalue weighted by Gasteiger charge is -2.38. The van der Waals surface area contributed by atoms with E-state index in [1.54, 1.807) is 30.3 Å². The van der Waals surface area contributed by atoms with E-state index in [0.717, 1.165) is 16.7 Å². The number of aromatic nitrogens is 2. The van der Waals surface area contributed by atoms with E-state index in [2.05, 4.69) is 15.3 Å². The fourth-order valence-electron chi connectivity index (χ4n) is 5.61. The van der Waals surface area contributed by atoms with Crippen LogP contribution in [0.3, 0.4) is 0 Å². The molecule has 4 unspecified atom stereocenters. The van der Waals surface area contributed by atoms with E-state index in [1.807, 2.05) is 78.7 Å². The van der Waals surface area contributed by atoms with Gasteiger partial charge in [0, 0.05) is 30.8 Å². The summed E-state index contributed by atoms with van der Waals surface area (Å²) in [4.78, 5) is 23.9. The Bertz CT molecular complexity index is 1800. The van der Waals surface area contributed by atoms with Crippen LogP contribution in [0.2, 0.25) is 0 Å². The average Bonchev–Trinajstić information content (AvgIpc) is 3.08. The number of phenols is 1. The summed E-state index contributed by atoms with van der Waals surface area (Å²) in [6.07, 6.45) is -0.0514. The number of hydrogen-bond donors (Lipinski definition) is 4. The minimum atomic E-state index is -0.790. The number of ether oxygens (including phenoxy) is 2. The third kappa shape index (κ3) is 7.56. The molecule has 46 heavy (non-hydrogen) atoms. The lowest BCUT2D eigenvalue weighted by Crippen LogP contribution is -2.39. The van der Waals surface area contributed by atoms with Crippen LogP contribution in [0.4, 0.5) is 5.69 Å². The molecule has 1 fully saturated rings. The molecule has 2 heterocycles. The molecule has 5 aromatic rings. The van der Waals surface area contributed by atoms with Crippen LogP contribution in [-0.2, 0) is 16.1 Å². The molecule has 1 saturated heterocycles. The normalized spacial score (nSPS) is 18.8. The van der Waals surface area contributed by atoms with E-state index in [0.29, 0.717) is 41.8 Å². The Balaban J connectivity index is 1.19. The number of rotatable bonds is 10. The highest BCUT2D eigenvalue weighted by Crippen LogP contribution is 2.39. The number of nitrogens with zero attached hydrogens (tertiary/aromatic N) is 3. The van der Waals surface area contributed by atoms with Gasteiger partial charge in [-0.3, -0.25) is 9.78 Å². The molecule has 1 aliphatic heterocycles. The highest BCUT2D eigenvalue weighted by molar-refractivity contribution is 6.03. The quantitative estimate of drug-likeness (QED) is 0.164. The summed E-state index contributed by atoms with van der Waals surface area (Å²) in [6.45, 7) is 0.803. The Morgan fingerprint density at radius 3 is 2.52 bits per heavy atom. The van der Waals surface area contributed by atoms with Gasteiger partial charge in [-0.1, -0.05) is 60.7 Å². The summed E-state index contributed by atoms with van der Waals surface area (Å²) in [7, 11) is 1.91. The molecule has 6 rings (SSSR count). The van der Waals surface area contributed by atoms with Gasteiger partial charge in [0.1, 0.15) is 11.4 Å². The Labute approximate surface area is 266 Å². The molecule has 4 N–H and O–H groups in total. The van der Waals surface area contributed by atoms with Gasteiger partial charge in [0.05, 0.1) is 42.1 Å². The van der Waals surface area contributed by atoms with Crippen LogP contribution in [0.15, 0.2) is 103 Å². The number of carbonyl (C=O) groups is 1. The number of aromatic hydroxyl groups is 1.